The van der Waals surface area contributed by atoms with Crippen LogP contribution in [-0.4, -0.2) is 55.8 Å². The number of rotatable bonds is 6. The summed E-state index contributed by atoms with van der Waals surface area (Å²) in [6.45, 7) is 0. The smallest absolute Gasteiger partial charge is 0.296 e. The summed E-state index contributed by atoms with van der Waals surface area (Å²) in [7, 11) is -10.5. The molecule has 0 unspecified atom stereocenters. The van der Waals surface area contributed by atoms with Crippen molar-refractivity contribution in [3.63, 3.8) is 0 Å². The Morgan fingerprint density at radius 1 is 0.686 bits per heavy atom. The molecule has 4 N–H and O–H groups in total. The molecule has 35 heavy (non-hydrogen) atoms. The van der Waals surface area contributed by atoms with E-state index in [2.05, 4.69) is 29.9 Å². The normalized spacial score (nSPS) is 12.7. The van der Waals surface area contributed by atoms with E-state index < -0.39 is 35.6 Å². The van der Waals surface area contributed by atoms with Gasteiger partial charge in [-0.25, -0.2) is 29.9 Å². The minimum atomic E-state index is -5.28. The fourth-order valence-corrected chi connectivity index (χ4v) is 5.57. The van der Waals surface area contributed by atoms with Crippen molar-refractivity contribution in [3.8, 4) is 22.8 Å². The first kappa shape index (κ1) is 24.0. The van der Waals surface area contributed by atoms with Gasteiger partial charge in [0.05, 0.1) is 11.3 Å². The standard InChI is InChI=1S/C20H15N7O6S2/c21-16-14(18(35(31,32)33)17(34(28,29)30)12-4-2-1-3-5-12)7-6-13(19-24-8-22-9-25-19)15(16)20-26-10-23-11-27-20/h1-11H,21H2,(H,28,29,30)(H,31,32,33). The third kappa shape index (κ3) is 4.87. The van der Waals surface area contributed by atoms with Crippen LogP contribution in [0.1, 0.15) is 11.1 Å². The Hall–Kier alpha value is -4.18. The number of nitrogen functional groups attached to an aromatic ring is 1. The van der Waals surface area contributed by atoms with Crippen LogP contribution in [0.2, 0.25) is 0 Å². The van der Waals surface area contributed by atoms with Crippen LogP contribution in [0, 0.1) is 0 Å². The highest BCUT2D eigenvalue weighted by atomic mass is 32.2. The molecule has 0 aliphatic rings. The van der Waals surface area contributed by atoms with E-state index in [1.807, 2.05) is 0 Å². The van der Waals surface area contributed by atoms with Gasteiger partial charge in [-0.1, -0.05) is 36.4 Å². The van der Waals surface area contributed by atoms with Gasteiger partial charge in [0.15, 0.2) is 11.6 Å². The summed E-state index contributed by atoms with van der Waals surface area (Å²) in [5.41, 5.74) is 5.66. The summed E-state index contributed by atoms with van der Waals surface area (Å²) in [5, 5.41) is 0. The van der Waals surface area contributed by atoms with E-state index in [9.17, 15) is 25.9 Å². The number of hydrogen-bond acceptors (Lipinski definition) is 11. The fraction of sp³-hybridized carbons (Fsp3) is 0. The molecule has 0 aliphatic heterocycles. The Bertz CT molecular complexity index is 1630. The minimum Gasteiger partial charge on any atom is -0.398 e. The highest BCUT2D eigenvalue weighted by Crippen LogP contribution is 2.42. The Labute approximate surface area is 199 Å². The molecular formula is C20H15N7O6S2. The van der Waals surface area contributed by atoms with Gasteiger partial charge in [0, 0.05) is 11.1 Å². The van der Waals surface area contributed by atoms with E-state index in [0.717, 1.165) is 6.07 Å². The average molecular weight is 514 g/mol. The van der Waals surface area contributed by atoms with Crippen molar-refractivity contribution in [2.75, 3.05) is 5.73 Å². The molecule has 0 saturated heterocycles. The van der Waals surface area contributed by atoms with E-state index in [4.69, 9.17) is 5.73 Å². The molecule has 0 fully saturated rings. The van der Waals surface area contributed by atoms with Crippen LogP contribution in [0.25, 0.3) is 32.6 Å². The molecule has 0 atom stereocenters. The van der Waals surface area contributed by atoms with Gasteiger partial charge < -0.3 is 5.73 Å². The van der Waals surface area contributed by atoms with Crippen molar-refractivity contribution in [1.82, 2.24) is 29.9 Å². The number of nitrogens with zero attached hydrogens (tertiary/aromatic N) is 6. The molecule has 15 heteroatoms. The second-order valence-electron chi connectivity index (χ2n) is 6.85. The van der Waals surface area contributed by atoms with E-state index in [-0.39, 0.29) is 34.0 Å². The average Bonchev–Trinajstić information content (AvgIpc) is 2.83. The molecule has 0 amide bonds. The first-order valence-corrected chi connectivity index (χ1v) is 12.4. The Balaban J connectivity index is 2.17. The molecule has 0 saturated carbocycles. The van der Waals surface area contributed by atoms with Crippen molar-refractivity contribution in [2.45, 2.75) is 0 Å². The van der Waals surface area contributed by atoms with Crippen molar-refractivity contribution >= 4 is 35.7 Å². The Morgan fingerprint density at radius 2 is 1.20 bits per heavy atom. The molecule has 2 aromatic heterocycles. The first-order valence-electron chi connectivity index (χ1n) is 9.51. The first-order chi connectivity index (χ1) is 16.6. The summed E-state index contributed by atoms with van der Waals surface area (Å²) in [5.74, 6) is 0.113. The van der Waals surface area contributed by atoms with Crippen LogP contribution < -0.4 is 5.73 Å². The maximum absolute atomic E-state index is 12.5. The lowest BCUT2D eigenvalue weighted by Gasteiger charge is -2.17. The van der Waals surface area contributed by atoms with Gasteiger partial charge in [-0.05, 0) is 11.6 Å². The molecule has 4 rings (SSSR count). The summed E-state index contributed by atoms with van der Waals surface area (Å²) in [6.07, 6.45) is 4.77. The molecule has 0 aliphatic carbocycles. The topological polar surface area (TPSA) is 212 Å². The third-order valence-corrected chi connectivity index (χ3v) is 6.72. The van der Waals surface area contributed by atoms with Gasteiger partial charge in [-0.2, -0.15) is 16.8 Å². The molecule has 2 aromatic carbocycles. The SMILES string of the molecule is Nc1c(C(=C(c2ccccc2)S(=O)(=O)O)S(=O)(=O)O)ccc(-c2ncncn2)c1-c1ncncn1. The summed E-state index contributed by atoms with van der Waals surface area (Å²) in [6, 6.07) is 9.38. The van der Waals surface area contributed by atoms with E-state index in [1.54, 1.807) is 6.07 Å². The monoisotopic (exact) mass is 513 g/mol. The largest absolute Gasteiger partial charge is 0.398 e. The summed E-state index contributed by atoms with van der Waals surface area (Å²) < 4.78 is 69.9. The third-order valence-electron chi connectivity index (χ3n) is 4.70. The zero-order valence-corrected chi connectivity index (χ0v) is 19.1. The van der Waals surface area contributed by atoms with Crippen molar-refractivity contribution < 1.29 is 25.9 Å². The number of nitrogens with two attached hydrogens (primary N) is 1. The molecule has 2 heterocycles. The highest BCUT2D eigenvalue weighted by Gasteiger charge is 2.33. The lowest BCUT2D eigenvalue weighted by molar-refractivity contribution is 0.491. The second kappa shape index (κ2) is 9.22. The highest BCUT2D eigenvalue weighted by molar-refractivity contribution is 8.01. The zero-order valence-electron chi connectivity index (χ0n) is 17.5. The van der Waals surface area contributed by atoms with Gasteiger partial charge in [-0.15, -0.1) is 0 Å². The number of aromatic nitrogens is 6. The Morgan fingerprint density at radius 3 is 1.71 bits per heavy atom. The lowest BCUT2D eigenvalue weighted by Crippen LogP contribution is -2.13. The van der Waals surface area contributed by atoms with Crippen LogP contribution in [0.3, 0.4) is 0 Å². The summed E-state index contributed by atoms with van der Waals surface area (Å²) in [4.78, 5) is 21.5. The van der Waals surface area contributed by atoms with Crippen LogP contribution in [0.4, 0.5) is 5.69 Å². The van der Waals surface area contributed by atoms with Crippen molar-refractivity contribution in [1.29, 1.82) is 0 Å². The number of hydrogen-bond donors (Lipinski definition) is 3. The van der Waals surface area contributed by atoms with Gasteiger partial charge >= 0.3 is 0 Å². The van der Waals surface area contributed by atoms with Gasteiger partial charge in [0.1, 0.15) is 35.1 Å². The number of benzene rings is 2. The van der Waals surface area contributed by atoms with Gasteiger partial charge in [0.2, 0.25) is 0 Å². The number of anilines is 1. The fourth-order valence-electron chi connectivity index (χ4n) is 3.36. The molecule has 13 nitrogen and oxygen atoms in total. The molecule has 0 bridgehead atoms. The van der Waals surface area contributed by atoms with Crippen LogP contribution in [0.5, 0.6) is 0 Å². The maximum Gasteiger partial charge on any atom is 0.296 e. The predicted molar refractivity (Wildman–Crippen MR) is 125 cm³/mol. The molecular weight excluding hydrogens is 498 g/mol. The lowest BCUT2D eigenvalue weighted by atomic mass is 9.98. The van der Waals surface area contributed by atoms with Crippen LogP contribution >= 0.6 is 0 Å². The molecule has 0 spiro atoms. The minimum absolute atomic E-state index is 0.0161. The quantitative estimate of drug-likeness (QED) is 0.190. The van der Waals surface area contributed by atoms with Crippen molar-refractivity contribution in [3.05, 3.63) is 78.9 Å². The van der Waals surface area contributed by atoms with Gasteiger partial charge in [-0.3, -0.25) is 9.11 Å². The van der Waals surface area contributed by atoms with Gasteiger partial charge in [0.25, 0.3) is 20.2 Å². The molecule has 0 radical (unpaired) electrons. The van der Waals surface area contributed by atoms with E-state index in [0.29, 0.717) is 0 Å². The summed E-state index contributed by atoms with van der Waals surface area (Å²) >= 11 is 0. The Kier molecular flexibility index (Phi) is 6.31. The zero-order chi connectivity index (χ0) is 25.2. The maximum atomic E-state index is 12.5. The molecule has 4 aromatic rings. The van der Waals surface area contributed by atoms with E-state index >= 15 is 0 Å². The van der Waals surface area contributed by atoms with Crippen LogP contribution in [-0.2, 0) is 20.2 Å². The molecule has 178 valence electrons. The van der Waals surface area contributed by atoms with Crippen LogP contribution in [0.15, 0.2) is 67.8 Å². The predicted octanol–water partition coefficient (Wildman–Crippen LogP) is 1.57. The second-order valence-corrected chi connectivity index (χ2v) is 9.56. The van der Waals surface area contributed by atoms with E-state index in [1.165, 1.54) is 55.6 Å². The van der Waals surface area contributed by atoms with Crippen molar-refractivity contribution in [2.24, 2.45) is 0 Å².